The van der Waals surface area contributed by atoms with E-state index in [1.54, 1.807) is 31.2 Å². The van der Waals surface area contributed by atoms with Gasteiger partial charge in [-0.05, 0) is 81.3 Å². The molecule has 0 radical (unpaired) electrons. The van der Waals surface area contributed by atoms with Crippen LogP contribution in [-0.2, 0) is 11.3 Å². The number of hydrogen-bond donors (Lipinski definition) is 1. The summed E-state index contributed by atoms with van der Waals surface area (Å²) < 4.78 is 11.1. The Morgan fingerprint density at radius 2 is 1.68 bits per heavy atom. The van der Waals surface area contributed by atoms with E-state index < -0.39 is 0 Å². The molecular formula is C30H41N3O4. The molecule has 2 aromatic carbocycles. The molecule has 0 atom stereocenters. The molecule has 2 aromatic rings. The molecule has 0 unspecified atom stereocenters. The molecule has 2 saturated heterocycles. The summed E-state index contributed by atoms with van der Waals surface area (Å²) in [7, 11) is 0. The van der Waals surface area contributed by atoms with Gasteiger partial charge in [0.15, 0.2) is 0 Å². The van der Waals surface area contributed by atoms with E-state index in [0.29, 0.717) is 29.2 Å². The van der Waals surface area contributed by atoms with Crippen molar-refractivity contribution in [2.45, 2.75) is 53.0 Å². The standard InChI is InChI=1S/C30H41N3O4/c1-4-36-28(34)24-9-7-10-26(20-24)31-29(35)33-18-14-30(15-19-33)12-16-32(17-13-30)21-25-8-5-6-11-27(25)37-22-23(2)3/h5-11,20,23H,4,12-19,21-22H2,1-3H3,(H,31,35). The van der Waals surface area contributed by atoms with Crippen molar-refractivity contribution in [3.8, 4) is 5.75 Å². The van der Waals surface area contributed by atoms with Crippen molar-refractivity contribution in [1.82, 2.24) is 9.80 Å². The lowest BCUT2D eigenvalue weighted by Gasteiger charge is -2.47. The van der Waals surface area contributed by atoms with Gasteiger partial charge in [-0.1, -0.05) is 38.1 Å². The number of urea groups is 1. The number of anilines is 1. The summed E-state index contributed by atoms with van der Waals surface area (Å²) in [5.74, 6) is 1.13. The van der Waals surface area contributed by atoms with Crippen LogP contribution in [0.2, 0.25) is 0 Å². The maximum absolute atomic E-state index is 12.9. The van der Waals surface area contributed by atoms with Crippen LogP contribution in [-0.4, -0.2) is 61.2 Å². The van der Waals surface area contributed by atoms with E-state index >= 15 is 0 Å². The number of hydrogen-bond acceptors (Lipinski definition) is 5. The molecule has 0 aliphatic carbocycles. The van der Waals surface area contributed by atoms with Gasteiger partial charge in [0, 0.05) is 30.9 Å². The van der Waals surface area contributed by atoms with Crippen LogP contribution in [0.25, 0.3) is 0 Å². The van der Waals surface area contributed by atoms with Crippen molar-refractivity contribution in [2.75, 3.05) is 44.7 Å². The third-order valence-electron chi connectivity index (χ3n) is 7.59. The number of carbonyl (C=O) groups excluding carboxylic acids is 2. The zero-order valence-corrected chi connectivity index (χ0v) is 22.5. The fourth-order valence-electron chi connectivity index (χ4n) is 5.28. The van der Waals surface area contributed by atoms with Crippen molar-refractivity contribution < 1.29 is 19.1 Å². The van der Waals surface area contributed by atoms with Crippen molar-refractivity contribution in [1.29, 1.82) is 0 Å². The van der Waals surface area contributed by atoms with E-state index in [-0.39, 0.29) is 12.0 Å². The lowest BCUT2D eigenvalue weighted by molar-refractivity contribution is 0.0439. The van der Waals surface area contributed by atoms with Crippen LogP contribution in [0.15, 0.2) is 48.5 Å². The predicted octanol–water partition coefficient (Wildman–Crippen LogP) is 5.81. The van der Waals surface area contributed by atoms with E-state index in [4.69, 9.17) is 9.47 Å². The Labute approximate surface area is 221 Å². The third kappa shape index (κ3) is 7.25. The van der Waals surface area contributed by atoms with E-state index in [1.165, 1.54) is 18.4 Å². The minimum atomic E-state index is -0.378. The number of likely N-dealkylation sites (tertiary alicyclic amines) is 2. The summed E-state index contributed by atoms with van der Waals surface area (Å²) in [6.45, 7) is 11.8. The zero-order chi connectivity index (χ0) is 26.3. The molecule has 1 N–H and O–H groups in total. The van der Waals surface area contributed by atoms with Crippen molar-refractivity contribution in [3.05, 3.63) is 59.7 Å². The van der Waals surface area contributed by atoms with Gasteiger partial charge in [-0.3, -0.25) is 4.90 Å². The number of amides is 2. The lowest BCUT2D eigenvalue weighted by atomic mass is 9.71. The summed E-state index contributed by atoms with van der Waals surface area (Å²) in [6, 6.07) is 15.2. The van der Waals surface area contributed by atoms with Crippen molar-refractivity contribution in [2.24, 2.45) is 11.3 Å². The first kappa shape index (κ1) is 27.0. The molecule has 2 amide bonds. The fraction of sp³-hybridized carbons (Fsp3) is 0.533. The van der Waals surface area contributed by atoms with Crippen LogP contribution in [0.3, 0.4) is 0 Å². The van der Waals surface area contributed by atoms with Crippen LogP contribution in [0.4, 0.5) is 10.5 Å². The molecule has 7 nitrogen and oxygen atoms in total. The van der Waals surface area contributed by atoms with E-state index in [0.717, 1.165) is 57.9 Å². The van der Waals surface area contributed by atoms with Gasteiger partial charge in [0.1, 0.15) is 5.75 Å². The molecule has 0 saturated carbocycles. The Morgan fingerprint density at radius 3 is 2.38 bits per heavy atom. The van der Waals surface area contributed by atoms with Crippen molar-refractivity contribution in [3.63, 3.8) is 0 Å². The predicted molar refractivity (Wildman–Crippen MR) is 146 cm³/mol. The molecular weight excluding hydrogens is 466 g/mol. The first-order chi connectivity index (χ1) is 17.9. The topological polar surface area (TPSA) is 71.1 Å². The Morgan fingerprint density at radius 1 is 0.973 bits per heavy atom. The maximum Gasteiger partial charge on any atom is 0.338 e. The van der Waals surface area contributed by atoms with E-state index in [2.05, 4.69) is 42.3 Å². The molecule has 0 aromatic heterocycles. The Kier molecular flexibility index (Phi) is 9.09. The quantitative estimate of drug-likeness (QED) is 0.457. The number of nitrogens with zero attached hydrogens (tertiary/aromatic N) is 2. The summed E-state index contributed by atoms with van der Waals surface area (Å²) in [6.07, 6.45) is 4.40. The summed E-state index contributed by atoms with van der Waals surface area (Å²) in [5.41, 5.74) is 2.64. The molecule has 2 aliphatic rings. The Hall–Kier alpha value is -3.06. The molecule has 1 spiro atoms. The number of benzene rings is 2. The second-order valence-corrected chi connectivity index (χ2v) is 10.8. The number of esters is 1. The Bertz CT molecular complexity index is 1050. The van der Waals surface area contributed by atoms with Gasteiger partial charge in [-0.25, -0.2) is 9.59 Å². The second kappa shape index (κ2) is 12.5. The number of para-hydroxylation sites is 1. The second-order valence-electron chi connectivity index (χ2n) is 10.8. The molecule has 7 heteroatoms. The third-order valence-corrected chi connectivity index (χ3v) is 7.59. The summed E-state index contributed by atoms with van der Waals surface area (Å²) in [5, 5.41) is 2.96. The van der Waals surface area contributed by atoms with Crippen LogP contribution >= 0.6 is 0 Å². The van der Waals surface area contributed by atoms with E-state index in [9.17, 15) is 9.59 Å². The first-order valence-electron chi connectivity index (χ1n) is 13.6. The number of carbonyl (C=O) groups is 2. The van der Waals surface area contributed by atoms with Crippen LogP contribution < -0.4 is 10.1 Å². The van der Waals surface area contributed by atoms with Crippen molar-refractivity contribution >= 4 is 17.7 Å². The van der Waals surface area contributed by atoms with Gasteiger partial charge in [0.25, 0.3) is 0 Å². The van der Waals surface area contributed by atoms with E-state index in [1.807, 2.05) is 11.0 Å². The van der Waals surface area contributed by atoms with Gasteiger partial charge in [0.2, 0.25) is 0 Å². The van der Waals surface area contributed by atoms with Crippen LogP contribution in [0, 0.1) is 11.3 Å². The van der Waals surface area contributed by atoms with Gasteiger partial charge in [-0.15, -0.1) is 0 Å². The molecule has 0 bridgehead atoms. The molecule has 4 rings (SSSR count). The smallest absolute Gasteiger partial charge is 0.338 e. The molecule has 2 heterocycles. The largest absolute Gasteiger partial charge is 0.493 e. The SMILES string of the molecule is CCOC(=O)c1cccc(NC(=O)N2CCC3(CCN(Cc4ccccc4OCC(C)C)CC3)CC2)c1. The monoisotopic (exact) mass is 507 g/mol. The van der Waals surface area contributed by atoms with Gasteiger partial charge in [-0.2, -0.15) is 0 Å². The number of ether oxygens (including phenoxy) is 2. The first-order valence-corrected chi connectivity index (χ1v) is 13.6. The highest BCUT2D eigenvalue weighted by Gasteiger charge is 2.38. The Balaban J connectivity index is 1.25. The molecule has 2 aliphatic heterocycles. The lowest BCUT2D eigenvalue weighted by Crippen LogP contribution is -2.49. The normalized spacial score (nSPS) is 17.6. The van der Waals surface area contributed by atoms with Crippen LogP contribution in [0.1, 0.15) is 62.4 Å². The zero-order valence-electron chi connectivity index (χ0n) is 22.5. The molecule has 37 heavy (non-hydrogen) atoms. The highest BCUT2D eigenvalue weighted by atomic mass is 16.5. The molecule has 200 valence electrons. The minimum Gasteiger partial charge on any atom is -0.493 e. The van der Waals surface area contributed by atoms with Gasteiger partial charge < -0.3 is 19.7 Å². The minimum absolute atomic E-state index is 0.105. The fourth-order valence-corrected chi connectivity index (χ4v) is 5.28. The van der Waals surface area contributed by atoms with Gasteiger partial charge in [0.05, 0.1) is 18.8 Å². The molecule has 2 fully saturated rings. The number of nitrogens with one attached hydrogen (secondary N) is 1. The average molecular weight is 508 g/mol. The highest BCUT2D eigenvalue weighted by molar-refractivity contribution is 5.94. The highest BCUT2D eigenvalue weighted by Crippen LogP contribution is 2.41. The van der Waals surface area contributed by atoms with Gasteiger partial charge >= 0.3 is 12.0 Å². The number of piperidine rings is 2. The summed E-state index contributed by atoms with van der Waals surface area (Å²) >= 11 is 0. The van der Waals surface area contributed by atoms with Crippen LogP contribution in [0.5, 0.6) is 5.75 Å². The maximum atomic E-state index is 12.9. The number of rotatable bonds is 8. The average Bonchev–Trinajstić information content (AvgIpc) is 2.90. The summed E-state index contributed by atoms with van der Waals surface area (Å²) in [4.78, 5) is 29.3.